The van der Waals surface area contributed by atoms with Gasteiger partial charge in [-0.25, -0.2) is 4.39 Å². The lowest BCUT2D eigenvalue weighted by Crippen LogP contribution is -2.33. The molecule has 0 radical (unpaired) electrons. The molecule has 0 atom stereocenters. The maximum atomic E-state index is 13.1. The molecule has 25 heavy (non-hydrogen) atoms. The third-order valence-corrected chi connectivity index (χ3v) is 4.88. The molecule has 1 saturated heterocycles. The highest BCUT2D eigenvalue weighted by atomic mass is 35.5. The summed E-state index contributed by atoms with van der Waals surface area (Å²) in [5.74, 6) is 1.22. The summed E-state index contributed by atoms with van der Waals surface area (Å²) in [6.45, 7) is 4.46. The van der Waals surface area contributed by atoms with Crippen LogP contribution in [0, 0.1) is 11.7 Å². The molecule has 0 bridgehead atoms. The van der Waals surface area contributed by atoms with Crippen molar-refractivity contribution in [2.24, 2.45) is 5.92 Å². The van der Waals surface area contributed by atoms with Gasteiger partial charge in [-0.2, -0.15) is 0 Å². The molecule has 2 N–H and O–H groups in total. The summed E-state index contributed by atoms with van der Waals surface area (Å²) < 4.78 is 18.9. The average molecular weight is 363 g/mol. The minimum Gasteiger partial charge on any atom is -0.489 e. The highest BCUT2D eigenvalue weighted by molar-refractivity contribution is 6.31. The Morgan fingerprint density at radius 3 is 2.80 bits per heavy atom. The third-order valence-electron chi connectivity index (χ3n) is 4.53. The van der Waals surface area contributed by atoms with Crippen LogP contribution in [0.4, 0.5) is 4.39 Å². The maximum Gasteiger partial charge on any atom is 0.124 e. The molecule has 0 aliphatic carbocycles. The molecule has 5 heteroatoms. The van der Waals surface area contributed by atoms with Crippen LogP contribution in [0.3, 0.4) is 0 Å². The molecule has 0 aromatic heterocycles. The van der Waals surface area contributed by atoms with Crippen LogP contribution in [0.5, 0.6) is 5.75 Å². The number of piperidine rings is 1. The van der Waals surface area contributed by atoms with Gasteiger partial charge in [0.2, 0.25) is 0 Å². The molecule has 2 aromatic carbocycles. The standard InChI is InChI=1S/C20H24ClFN2O/c21-20-11-18(22)5-4-17(20)14-25-19-3-1-2-16(10-19)13-24-12-15-6-8-23-9-7-15/h1-5,10-11,15,23-24H,6-9,12-14H2. The molecular formula is C20H24ClFN2O. The lowest BCUT2D eigenvalue weighted by Gasteiger charge is -2.22. The number of benzene rings is 2. The van der Waals surface area contributed by atoms with E-state index in [-0.39, 0.29) is 5.82 Å². The summed E-state index contributed by atoms with van der Waals surface area (Å²) in [6.07, 6.45) is 2.49. The number of ether oxygens (including phenoxy) is 1. The smallest absolute Gasteiger partial charge is 0.124 e. The lowest BCUT2D eigenvalue weighted by atomic mass is 9.98. The first-order chi connectivity index (χ1) is 12.2. The summed E-state index contributed by atoms with van der Waals surface area (Å²) in [7, 11) is 0. The second-order valence-corrected chi connectivity index (χ2v) is 6.90. The molecule has 1 fully saturated rings. The van der Waals surface area contributed by atoms with Gasteiger partial charge in [0.05, 0.1) is 5.02 Å². The minimum absolute atomic E-state index is 0.324. The zero-order valence-corrected chi connectivity index (χ0v) is 15.0. The van der Waals surface area contributed by atoms with E-state index in [1.54, 1.807) is 6.07 Å². The highest BCUT2D eigenvalue weighted by Gasteiger charge is 2.12. The number of nitrogens with one attached hydrogen (secondary N) is 2. The topological polar surface area (TPSA) is 33.3 Å². The molecule has 1 heterocycles. The molecule has 0 spiro atoms. The van der Waals surface area contributed by atoms with Crippen LogP contribution < -0.4 is 15.4 Å². The van der Waals surface area contributed by atoms with Gasteiger partial charge in [-0.1, -0.05) is 29.8 Å². The number of hydrogen-bond acceptors (Lipinski definition) is 3. The van der Waals surface area contributed by atoms with Gasteiger partial charge in [-0.3, -0.25) is 0 Å². The predicted molar refractivity (Wildman–Crippen MR) is 99.5 cm³/mol. The van der Waals surface area contributed by atoms with Gasteiger partial charge in [0.15, 0.2) is 0 Å². The fraction of sp³-hybridized carbons (Fsp3) is 0.400. The van der Waals surface area contributed by atoms with Crippen LogP contribution in [0.2, 0.25) is 5.02 Å². The van der Waals surface area contributed by atoms with Crippen molar-refractivity contribution in [3.05, 3.63) is 64.4 Å². The molecular weight excluding hydrogens is 339 g/mol. The normalized spacial score (nSPS) is 15.3. The van der Waals surface area contributed by atoms with Gasteiger partial charge >= 0.3 is 0 Å². The van der Waals surface area contributed by atoms with E-state index in [1.807, 2.05) is 18.2 Å². The van der Waals surface area contributed by atoms with E-state index in [9.17, 15) is 4.39 Å². The Labute approximate surface area is 153 Å². The van der Waals surface area contributed by atoms with Crippen molar-refractivity contribution in [3.63, 3.8) is 0 Å². The Morgan fingerprint density at radius 2 is 2.00 bits per heavy atom. The van der Waals surface area contributed by atoms with Crippen molar-refractivity contribution >= 4 is 11.6 Å². The Kier molecular flexibility index (Phi) is 6.68. The van der Waals surface area contributed by atoms with Gasteiger partial charge < -0.3 is 15.4 Å². The predicted octanol–water partition coefficient (Wildman–Crippen LogP) is 4.15. The van der Waals surface area contributed by atoms with Crippen LogP contribution in [-0.2, 0) is 13.2 Å². The van der Waals surface area contributed by atoms with Crippen LogP contribution in [0.25, 0.3) is 0 Å². The molecule has 3 nitrogen and oxygen atoms in total. The molecule has 0 unspecified atom stereocenters. The van der Waals surface area contributed by atoms with E-state index in [1.165, 1.54) is 30.5 Å². The maximum absolute atomic E-state index is 13.1. The second-order valence-electron chi connectivity index (χ2n) is 6.50. The summed E-state index contributed by atoms with van der Waals surface area (Å²) >= 11 is 6.03. The first-order valence-electron chi connectivity index (χ1n) is 8.78. The van der Waals surface area contributed by atoms with E-state index < -0.39 is 0 Å². The average Bonchev–Trinajstić information content (AvgIpc) is 2.62. The van der Waals surface area contributed by atoms with E-state index >= 15 is 0 Å². The summed E-state index contributed by atoms with van der Waals surface area (Å²) in [5, 5.41) is 7.32. The Balaban J connectivity index is 1.48. The van der Waals surface area contributed by atoms with E-state index in [4.69, 9.17) is 16.3 Å². The van der Waals surface area contributed by atoms with Crippen molar-refractivity contribution in [2.45, 2.75) is 26.0 Å². The molecule has 3 rings (SSSR count). The molecule has 1 aliphatic rings. The summed E-state index contributed by atoms with van der Waals surface area (Å²) in [6, 6.07) is 12.4. The zero-order chi connectivity index (χ0) is 17.5. The molecule has 1 aliphatic heterocycles. The van der Waals surface area contributed by atoms with Crippen molar-refractivity contribution in [1.29, 1.82) is 0 Å². The van der Waals surface area contributed by atoms with E-state index in [0.29, 0.717) is 11.6 Å². The van der Waals surface area contributed by atoms with E-state index in [2.05, 4.69) is 16.7 Å². The Hall–Kier alpha value is -1.62. The number of halogens is 2. The van der Waals surface area contributed by atoms with E-state index in [0.717, 1.165) is 43.4 Å². The molecule has 0 saturated carbocycles. The van der Waals surface area contributed by atoms with Crippen molar-refractivity contribution in [1.82, 2.24) is 10.6 Å². The highest BCUT2D eigenvalue weighted by Crippen LogP contribution is 2.21. The molecule has 2 aromatic rings. The fourth-order valence-electron chi connectivity index (χ4n) is 3.05. The van der Waals surface area contributed by atoms with Crippen molar-refractivity contribution < 1.29 is 9.13 Å². The van der Waals surface area contributed by atoms with Gasteiger partial charge in [-0.05, 0) is 68.2 Å². The van der Waals surface area contributed by atoms with Gasteiger partial charge in [0, 0.05) is 12.1 Å². The lowest BCUT2D eigenvalue weighted by molar-refractivity contribution is 0.305. The van der Waals surface area contributed by atoms with Crippen molar-refractivity contribution in [2.75, 3.05) is 19.6 Å². The SMILES string of the molecule is Fc1ccc(COc2cccc(CNCC3CCNCC3)c2)c(Cl)c1. The minimum atomic E-state index is -0.337. The summed E-state index contributed by atoms with van der Waals surface area (Å²) in [5.41, 5.74) is 1.97. The largest absolute Gasteiger partial charge is 0.489 e. The molecule has 0 amide bonds. The molecule has 134 valence electrons. The number of rotatable bonds is 7. The Morgan fingerprint density at radius 1 is 1.16 bits per heavy atom. The first kappa shape index (κ1) is 18.2. The third kappa shape index (κ3) is 5.70. The quantitative estimate of drug-likeness (QED) is 0.776. The monoisotopic (exact) mass is 362 g/mol. The van der Waals surface area contributed by atoms with Crippen LogP contribution in [-0.4, -0.2) is 19.6 Å². The van der Waals surface area contributed by atoms with Gasteiger partial charge in [0.1, 0.15) is 18.2 Å². The van der Waals surface area contributed by atoms with Gasteiger partial charge in [-0.15, -0.1) is 0 Å². The van der Waals surface area contributed by atoms with Gasteiger partial charge in [0.25, 0.3) is 0 Å². The fourth-order valence-corrected chi connectivity index (χ4v) is 3.27. The number of hydrogen-bond donors (Lipinski definition) is 2. The van der Waals surface area contributed by atoms with Crippen LogP contribution in [0.1, 0.15) is 24.0 Å². The van der Waals surface area contributed by atoms with Crippen molar-refractivity contribution in [3.8, 4) is 5.75 Å². The summed E-state index contributed by atoms with van der Waals surface area (Å²) in [4.78, 5) is 0. The first-order valence-corrected chi connectivity index (χ1v) is 9.15. The second kappa shape index (κ2) is 9.18. The Bertz CT molecular complexity index is 689. The van der Waals surface area contributed by atoms with Crippen LogP contribution in [0.15, 0.2) is 42.5 Å². The van der Waals surface area contributed by atoms with Crippen LogP contribution >= 0.6 is 11.6 Å². The zero-order valence-electron chi connectivity index (χ0n) is 14.2.